The molecule has 1 aromatic carbocycles. The Morgan fingerprint density at radius 2 is 2.05 bits per heavy atom. The number of rotatable bonds is 8. The molecule has 0 heterocycles. The van der Waals surface area contributed by atoms with Gasteiger partial charge in [0, 0.05) is 17.6 Å². The molecule has 19 heavy (non-hydrogen) atoms. The van der Waals surface area contributed by atoms with Crippen LogP contribution in [0.5, 0.6) is 0 Å². The molecule has 0 aliphatic heterocycles. The van der Waals surface area contributed by atoms with E-state index in [2.05, 4.69) is 11.8 Å². The second-order valence-corrected chi connectivity index (χ2v) is 6.07. The standard InChI is InChI=1S/C16H25ClN2/c1-2-10-19(12-13-7-8-13)11-9-16(18)14-5-3-4-6-15(14)17/h3-6,13,16H,2,7-12,18H2,1H3. The summed E-state index contributed by atoms with van der Waals surface area (Å²) in [4.78, 5) is 2.56. The lowest BCUT2D eigenvalue weighted by molar-refractivity contribution is 0.253. The van der Waals surface area contributed by atoms with Crippen LogP contribution >= 0.6 is 11.6 Å². The molecule has 0 saturated heterocycles. The van der Waals surface area contributed by atoms with Crippen molar-refractivity contribution in [3.05, 3.63) is 34.9 Å². The number of hydrogen-bond donors (Lipinski definition) is 1. The zero-order valence-corrected chi connectivity index (χ0v) is 12.6. The predicted octanol–water partition coefficient (Wildman–Crippen LogP) is 3.85. The van der Waals surface area contributed by atoms with Gasteiger partial charge in [-0.05, 0) is 56.3 Å². The monoisotopic (exact) mass is 280 g/mol. The fourth-order valence-electron chi connectivity index (χ4n) is 2.53. The Balaban J connectivity index is 1.83. The number of nitrogens with two attached hydrogens (primary N) is 1. The smallest absolute Gasteiger partial charge is 0.0453 e. The first kappa shape index (κ1) is 14.8. The normalized spacial score (nSPS) is 16.8. The summed E-state index contributed by atoms with van der Waals surface area (Å²) in [5.41, 5.74) is 7.35. The van der Waals surface area contributed by atoms with E-state index in [1.807, 2.05) is 24.3 Å². The molecular weight excluding hydrogens is 256 g/mol. The fourth-order valence-corrected chi connectivity index (χ4v) is 2.81. The lowest BCUT2D eigenvalue weighted by Crippen LogP contribution is -2.30. The van der Waals surface area contributed by atoms with Crippen molar-refractivity contribution in [3.8, 4) is 0 Å². The fraction of sp³-hybridized carbons (Fsp3) is 0.625. The molecule has 106 valence electrons. The van der Waals surface area contributed by atoms with Crippen LogP contribution in [0.2, 0.25) is 5.02 Å². The van der Waals surface area contributed by atoms with Crippen LogP contribution in [0.1, 0.15) is 44.2 Å². The second kappa shape index (κ2) is 7.28. The number of halogens is 1. The zero-order chi connectivity index (χ0) is 13.7. The van der Waals surface area contributed by atoms with Crippen LogP contribution in [0, 0.1) is 5.92 Å². The van der Waals surface area contributed by atoms with E-state index in [0.29, 0.717) is 0 Å². The van der Waals surface area contributed by atoms with Crippen molar-refractivity contribution in [2.24, 2.45) is 11.7 Å². The van der Waals surface area contributed by atoms with Gasteiger partial charge in [0.1, 0.15) is 0 Å². The summed E-state index contributed by atoms with van der Waals surface area (Å²) < 4.78 is 0. The van der Waals surface area contributed by atoms with Gasteiger partial charge in [-0.25, -0.2) is 0 Å². The molecule has 0 radical (unpaired) electrons. The summed E-state index contributed by atoms with van der Waals surface area (Å²) in [5, 5.41) is 0.791. The number of benzene rings is 1. The molecule has 2 nitrogen and oxygen atoms in total. The summed E-state index contributed by atoms with van der Waals surface area (Å²) in [5.74, 6) is 0.947. The summed E-state index contributed by atoms with van der Waals surface area (Å²) in [6.07, 6.45) is 5.03. The van der Waals surface area contributed by atoms with Crippen molar-refractivity contribution in [2.75, 3.05) is 19.6 Å². The maximum atomic E-state index is 6.28. The zero-order valence-electron chi connectivity index (χ0n) is 11.8. The minimum Gasteiger partial charge on any atom is -0.324 e. The Labute approximate surface area is 121 Å². The van der Waals surface area contributed by atoms with Crippen LogP contribution in [0.25, 0.3) is 0 Å². The van der Waals surface area contributed by atoms with E-state index in [4.69, 9.17) is 17.3 Å². The van der Waals surface area contributed by atoms with Gasteiger partial charge >= 0.3 is 0 Å². The van der Waals surface area contributed by atoms with Gasteiger partial charge in [0.2, 0.25) is 0 Å². The van der Waals surface area contributed by atoms with Crippen molar-refractivity contribution in [1.82, 2.24) is 4.90 Å². The highest BCUT2D eigenvalue weighted by atomic mass is 35.5. The molecule has 0 aromatic heterocycles. The maximum absolute atomic E-state index is 6.28. The van der Waals surface area contributed by atoms with Crippen LogP contribution in [0.4, 0.5) is 0 Å². The SMILES string of the molecule is CCCN(CCC(N)c1ccccc1Cl)CC1CC1. The molecule has 2 N–H and O–H groups in total. The van der Waals surface area contributed by atoms with Crippen molar-refractivity contribution < 1.29 is 0 Å². The Bertz CT molecular complexity index is 390. The van der Waals surface area contributed by atoms with Gasteiger partial charge in [-0.3, -0.25) is 0 Å². The van der Waals surface area contributed by atoms with Crippen LogP contribution in [-0.2, 0) is 0 Å². The molecule has 0 bridgehead atoms. The third-order valence-electron chi connectivity index (χ3n) is 3.81. The van der Waals surface area contributed by atoms with Crippen LogP contribution in [-0.4, -0.2) is 24.5 Å². The molecule has 1 fully saturated rings. The quantitative estimate of drug-likeness (QED) is 0.784. The van der Waals surface area contributed by atoms with Gasteiger partial charge in [-0.2, -0.15) is 0 Å². The molecular formula is C16H25ClN2. The van der Waals surface area contributed by atoms with Gasteiger partial charge < -0.3 is 10.6 Å². The molecule has 1 atom stereocenters. The van der Waals surface area contributed by atoms with Gasteiger partial charge in [-0.1, -0.05) is 36.7 Å². The first-order valence-electron chi connectivity index (χ1n) is 7.43. The van der Waals surface area contributed by atoms with Crippen molar-refractivity contribution in [3.63, 3.8) is 0 Å². The molecule has 1 unspecified atom stereocenters. The van der Waals surface area contributed by atoms with E-state index in [-0.39, 0.29) is 6.04 Å². The molecule has 1 saturated carbocycles. The number of hydrogen-bond acceptors (Lipinski definition) is 2. The van der Waals surface area contributed by atoms with E-state index in [9.17, 15) is 0 Å². The third kappa shape index (κ3) is 4.79. The lowest BCUT2D eigenvalue weighted by atomic mass is 10.0. The van der Waals surface area contributed by atoms with Gasteiger partial charge in [0.05, 0.1) is 0 Å². The Kier molecular flexibility index (Phi) is 5.68. The van der Waals surface area contributed by atoms with Crippen LogP contribution in [0.15, 0.2) is 24.3 Å². The average Bonchev–Trinajstić information content (AvgIpc) is 3.20. The first-order chi connectivity index (χ1) is 9.20. The van der Waals surface area contributed by atoms with Crippen molar-refractivity contribution in [1.29, 1.82) is 0 Å². The van der Waals surface area contributed by atoms with Gasteiger partial charge in [-0.15, -0.1) is 0 Å². The van der Waals surface area contributed by atoms with Crippen molar-refractivity contribution >= 4 is 11.6 Å². The van der Waals surface area contributed by atoms with E-state index in [1.165, 1.54) is 32.4 Å². The lowest BCUT2D eigenvalue weighted by Gasteiger charge is -2.23. The van der Waals surface area contributed by atoms with Crippen LogP contribution in [0.3, 0.4) is 0 Å². The molecule has 1 aromatic rings. The van der Waals surface area contributed by atoms with Crippen LogP contribution < -0.4 is 5.73 Å². The average molecular weight is 281 g/mol. The van der Waals surface area contributed by atoms with Crippen molar-refractivity contribution in [2.45, 2.75) is 38.6 Å². The van der Waals surface area contributed by atoms with E-state index >= 15 is 0 Å². The number of nitrogens with zero attached hydrogens (tertiary/aromatic N) is 1. The summed E-state index contributed by atoms with van der Waals surface area (Å²) in [6.45, 7) is 5.76. The molecule has 2 rings (SSSR count). The van der Waals surface area contributed by atoms with E-state index in [1.54, 1.807) is 0 Å². The highest BCUT2D eigenvalue weighted by Gasteiger charge is 2.24. The predicted molar refractivity (Wildman–Crippen MR) is 82.5 cm³/mol. The minimum absolute atomic E-state index is 0.0484. The summed E-state index contributed by atoms with van der Waals surface area (Å²) >= 11 is 6.20. The third-order valence-corrected chi connectivity index (χ3v) is 4.16. The molecule has 1 aliphatic carbocycles. The largest absolute Gasteiger partial charge is 0.324 e. The molecule has 3 heteroatoms. The second-order valence-electron chi connectivity index (χ2n) is 5.66. The maximum Gasteiger partial charge on any atom is 0.0453 e. The Morgan fingerprint density at radius 1 is 1.32 bits per heavy atom. The molecule has 0 amide bonds. The van der Waals surface area contributed by atoms with E-state index < -0.39 is 0 Å². The van der Waals surface area contributed by atoms with Gasteiger partial charge in [0.25, 0.3) is 0 Å². The molecule has 1 aliphatic rings. The Morgan fingerprint density at radius 3 is 2.68 bits per heavy atom. The first-order valence-corrected chi connectivity index (χ1v) is 7.81. The topological polar surface area (TPSA) is 29.3 Å². The highest BCUT2D eigenvalue weighted by molar-refractivity contribution is 6.31. The Hall–Kier alpha value is -0.570. The minimum atomic E-state index is 0.0484. The van der Waals surface area contributed by atoms with E-state index in [0.717, 1.165) is 29.5 Å². The highest BCUT2D eigenvalue weighted by Crippen LogP contribution is 2.30. The van der Waals surface area contributed by atoms with Gasteiger partial charge in [0.15, 0.2) is 0 Å². The summed E-state index contributed by atoms with van der Waals surface area (Å²) in [7, 11) is 0. The summed E-state index contributed by atoms with van der Waals surface area (Å²) in [6, 6.07) is 7.97. The molecule has 0 spiro atoms.